The van der Waals surface area contributed by atoms with E-state index in [0.717, 1.165) is 48.9 Å². The molecule has 0 amide bonds. The van der Waals surface area contributed by atoms with E-state index in [9.17, 15) is 0 Å². The van der Waals surface area contributed by atoms with Gasteiger partial charge < -0.3 is 23.7 Å². The summed E-state index contributed by atoms with van der Waals surface area (Å²) in [4.78, 5) is 4.83. The lowest BCUT2D eigenvalue weighted by Crippen LogP contribution is -2.23. The zero-order valence-corrected chi connectivity index (χ0v) is 24.0. The largest absolute Gasteiger partial charge is 0.466 e. The van der Waals surface area contributed by atoms with Gasteiger partial charge in [0.2, 0.25) is 0 Å². The summed E-state index contributed by atoms with van der Waals surface area (Å²) in [5.41, 5.74) is 1.72. The van der Waals surface area contributed by atoms with Gasteiger partial charge in [0.15, 0.2) is 6.79 Å². The van der Waals surface area contributed by atoms with Crippen LogP contribution in [-0.4, -0.2) is 61.6 Å². The summed E-state index contributed by atoms with van der Waals surface area (Å²) in [6, 6.07) is 6.18. The molecule has 0 bridgehead atoms. The summed E-state index contributed by atoms with van der Waals surface area (Å²) in [5.74, 6) is 0.761. The number of ether oxygens (including phenoxy) is 5. The monoisotopic (exact) mass is 485 g/mol. The number of aromatic nitrogens is 1. The third-order valence-electron chi connectivity index (χ3n) is 4.88. The van der Waals surface area contributed by atoms with E-state index < -0.39 is 16.1 Å². The molecule has 0 radical (unpaired) electrons. The van der Waals surface area contributed by atoms with Crippen molar-refractivity contribution in [2.75, 3.05) is 40.5 Å². The van der Waals surface area contributed by atoms with Crippen molar-refractivity contribution in [1.82, 2.24) is 4.98 Å². The lowest BCUT2D eigenvalue weighted by atomic mass is 9.88. The van der Waals surface area contributed by atoms with Gasteiger partial charge in [-0.25, -0.2) is 0 Å². The zero-order chi connectivity index (χ0) is 24.3. The molecular weight excluding hydrogens is 438 g/mol. The number of nitrogens with zero attached hydrogens (tertiary/aromatic N) is 1. The van der Waals surface area contributed by atoms with E-state index in [2.05, 4.69) is 53.1 Å². The average Bonchev–Trinajstić information content (AvgIpc) is 2.63. The minimum Gasteiger partial charge on any atom is -0.466 e. The summed E-state index contributed by atoms with van der Waals surface area (Å²) in [7, 11) is -0.455. The molecule has 0 saturated heterocycles. The van der Waals surface area contributed by atoms with Crippen molar-refractivity contribution in [3.8, 4) is 5.75 Å². The lowest BCUT2D eigenvalue weighted by Gasteiger charge is -2.24. The Hall–Kier alpha value is -0.776. The number of hydrogen-bond donors (Lipinski definition) is 0. The predicted octanol–water partition coefficient (Wildman–Crippen LogP) is 5.82. The van der Waals surface area contributed by atoms with Gasteiger partial charge in [-0.1, -0.05) is 53.1 Å². The van der Waals surface area contributed by atoms with Crippen LogP contribution in [0.3, 0.4) is 0 Å². The highest BCUT2D eigenvalue weighted by atomic mass is 28.3. The van der Waals surface area contributed by atoms with E-state index >= 15 is 0 Å². The molecule has 1 aromatic rings. The fraction of sp³-hybridized carbons (Fsp3) is 0.792. The number of hydrogen-bond acceptors (Lipinski definition) is 6. The maximum atomic E-state index is 5.95. The van der Waals surface area contributed by atoms with Crippen LogP contribution in [0.25, 0.3) is 0 Å². The third kappa shape index (κ3) is 14.4. The van der Waals surface area contributed by atoms with E-state index in [1.165, 1.54) is 0 Å². The van der Waals surface area contributed by atoms with Crippen molar-refractivity contribution >= 4 is 16.1 Å². The second kappa shape index (κ2) is 13.8. The molecule has 0 atom stereocenters. The van der Waals surface area contributed by atoms with Gasteiger partial charge in [-0.3, -0.25) is 4.98 Å². The van der Waals surface area contributed by atoms with Crippen LogP contribution < -0.4 is 4.74 Å². The first-order valence-corrected chi connectivity index (χ1v) is 19.1. The van der Waals surface area contributed by atoms with Crippen LogP contribution in [0, 0.1) is 5.41 Å². The molecule has 0 aromatic carbocycles. The minimum absolute atomic E-state index is 0.0576. The summed E-state index contributed by atoms with van der Waals surface area (Å²) >= 11 is 0. The molecule has 1 aromatic heterocycles. The van der Waals surface area contributed by atoms with Gasteiger partial charge in [0.05, 0.1) is 24.6 Å². The first-order valence-electron chi connectivity index (χ1n) is 11.7. The molecular formula is C24H47NO5Si2. The molecule has 1 heterocycles. The van der Waals surface area contributed by atoms with Crippen LogP contribution >= 0.6 is 0 Å². The summed E-state index contributed by atoms with van der Waals surface area (Å²) in [6.45, 7) is 21.5. The molecule has 0 spiro atoms. The van der Waals surface area contributed by atoms with Crippen molar-refractivity contribution in [2.45, 2.75) is 78.2 Å². The highest BCUT2D eigenvalue weighted by Gasteiger charge is 2.22. The van der Waals surface area contributed by atoms with Crippen molar-refractivity contribution < 1.29 is 23.7 Å². The smallest absolute Gasteiger partial charge is 0.189 e. The Morgan fingerprint density at radius 3 is 2.00 bits per heavy atom. The summed E-state index contributed by atoms with van der Waals surface area (Å²) < 4.78 is 28.4. The summed E-state index contributed by atoms with van der Waals surface area (Å²) in [6.07, 6.45) is 0.742. The SMILES string of the molecule is COCC(C)(C)Cc1nc(COCOCC[Si](C)(C)C)ccc1OCOCC[Si](C)(C)C. The molecule has 0 unspecified atom stereocenters. The van der Waals surface area contributed by atoms with E-state index in [0.29, 0.717) is 20.0 Å². The van der Waals surface area contributed by atoms with Crippen LogP contribution in [0.2, 0.25) is 51.4 Å². The van der Waals surface area contributed by atoms with E-state index in [1.807, 2.05) is 12.1 Å². The molecule has 32 heavy (non-hydrogen) atoms. The van der Waals surface area contributed by atoms with Gasteiger partial charge >= 0.3 is 0 Å². The fourth-order valence-corrected chi connectivity index (χ4v) is 4.47. The normalized spacial score (nSPS) is 12.9. The van der Waals surface area contributed by atoms with Crippen molar-refractivity contribution in [3.05, 3.63) is 23.5 Å². The molecule has 0 aliphatic carbocycles. The Labute approximate surface area is 198 Å². The molecule has 186 valence electrons. The Kier molecular flexibility index (Phi) is 12.6. The van der Waals surface area contributed by atoms with E-state index in [-0.39, 0.29) is 12.2 Å². The maximum absolute atomic E-state index is 5.95. The quantitative estimate of drug-likeness (QED) is 0.157. The van der Waals surface area contributed by atoms with Crippen LogP contribution in [-0.2, 0) is 32.0 Å². The molecule has 6 nitrogen and oxygen atoms in total. The van der Waals surface area contributed by atoms with Crippen molar-refractivity contribution in [2.24, 2.45) is 5.41 Å². The maximum Gasteiger partial charge on any atom is 0.189 e. The lowest BCUT2D eigenvalue weighted by molar-refractivity contribution is -0.0583. The minimum atomic E-state index is -1.11. The second-order valence-electron chi connectivity index (χ2n) is 11.7. The highest BCUT2D eigenvalue weighted by Crippen LogP contribution is 2.27. The Morgan fingerprint density at radius 1 is 0.844 bits per heavy atom. The average molecular weight is 486 g/mol. The Bertz CT molecular complexity index is 657. The predicted molar refractivity (Wildman–Crippen MR) is 137 cm³/mol. The Balaban J connectivity index is 2.66. The number of rotatable bonds is 17. The van der Waals surface area contributed by atoms with E-state index in [1.54, 1.807) is 7.11 Å². The van der Waals surface area contributed by atoms with Gasteiger partial charge in [0, 0.05) is 42.9 Å². The van der Waals surface area contributed by atoms with Crippen LogP contribution in [0.15, 0.2) is 12.1 Å². The van der Waals surface area contributed by atoms with Crippen LogP contribution in [0.5, 0.6) is 5.75 Å². The van der Waals surface area contributed by atoms with Crippen LogP contribution in [0.1, 0.15) is 25.2 Å². The number of pyridine rings is 1. The van der Waals surface area contributed by atoms with Crippen molar-refractivity contribution in [1.29, 1.82) is 0 Å². The van der Waals surface area contributed by atoms with Crippen molar-refractivity contribution in [3.63, 3.8) is 0 Å². The second-order valence-corrected chi connectivity index (χ2v) is 22.9. The van der Waals surface area contributed by atoms with Gasteiger partial charge in [-0.05, 0) is 29.6 Å². The fourth-order valence-electron chi connectivity index (χ4n) is 2.95. The summed E-state index contributed by atoms with van der Waals surface area (Å²) in [5, 5.41) is 0. The molecule has 8 heteroatoms. The first kappa shape index (κ1) is 29.3. The molecule has 0 aliphatic rings. The third-order valence-corrected chi connectivity index (χ3v) is 8.29. The molecule has 0 fully saturated rings. The molecule has 0 saturated carbocycles. The van der Waals surface area contributed by atoms with Crippen LogP contribution in [0.4, 0.5) is 0 Å². The number of methoxy groups -OCH3 is 1. The van der Waals surface area contributed by atoms with E-state index in [4.69, 9.17) is 28.7 Å². The van der Waals surface area contributed by atoms with Gasteiger partial charge in [0.25, 0.3) is 0 Å². The zero-order valence-electron chi connectivity index (χ0n) is 22.0. The molecule has 0 aliphatic heterocycles. The topological polar surface area (TPSA) is 59.0 Å². The molecule has 0 N–H and O–H groups in total. The standard InChI is InChI=1S/C24H47NO5Si2/c1-24(2,18-26-3)16-22-23(30-20-28-13-15-32(7,8)9)11-10-21(25-22)17-29-19-27-12-14-31(4,5)6/h10-11H,12-20H2,1-9H3. The van der Waals surface area contributed by atoms with Gasteiger partial charge in [-0.2, -0.15) is 0 Å². The Morgan fingerprint density at radius 2 is 1.44 bits per heavy atom. The highest BCUT2D eigenvalue weighted by molar-refractivity contribution is 6.76. The van der Waals surface area contributed by atoms with Gasteiger partial charge in [-0.15, -0.1) is 0 Å². The molecule has 1 rings (SSSR count). The van der Waals surface area contributed by atoms with Gasteiger partial charge in [0.1, 0.15) is 12.5 Å². The first-order chi connectivity index (χ1) is 14.8.